The molecule has 4 N–H and O–H groups in total. The second kappa shape index (κ2) is 11.3. The zero-order valence-electron chi connectivity index (χ0n) is 17.4. The van der Waals surface area contributed by atoms with Gasteiger partial charge in [0.05, 0.1) is 21.7 Å². The monoisotopic (exact) mass is 469 g/mol. The van der Waals surface area contributed by atoms with Crippen molar-refractivity contribution in [3.05, 3.63) is 89.9 Å². The van der Waals surface area contributed by atoms with Crippen LogP contribution in [-0.2, 0) is 6.42 Å². The number of thiazole rings is 1. The number of carbonyl (C=O) groups excluding carboxylic acids is 1. The summed E-state index contributed by atoms with van der Waals surface area (Å²) in [5, 5.41) is 18.1. The molecular formula is C24H21F2N3O3S. The minimum absolute atomic E-state index is 0.0833. The maximum Gasteiger partial charge on any atom is 0.249 e. The highest BCUT2D eigenvalue weighted by atomic mass is 32.1. The molecule has 0 aliphatic rings. The molecule has 0 bridgehead atoms. The number of pyridine rings is 1. The van der Waals surface area contributed by atoms with Crippen LogP contribution in [0, 0.1) is 11.6 Å². The number of halogens is 2. The fourth-order valence-electron chi connectivity index (χ4n) is 2.95. The summed E-state index contributed by atoms with van der Waals surface area (Å²) < 4.78 is 27.0. The van der Waals surface area contributed by atoms with Gasteiger partial charge in [-0.2, -0.15) is 0 Å². The summed E-state index contributed by atoms with van der Waals surface area (Å²) in [6.45, 7) is 0.135. The number of hydrogen-bond donors (Lipinski definition) is 3. The third-order valence-electron chi connectivity index (χ3n) is 4.57. The maximum absolute atomic E-state index is 14.1. The lowest BCUT2D eigenvalue weighted by atomic mass is 10.1. The number of primary amides is 1. The van der Waals surface area contributed by atoms with Crippen molar-refractivity contribution >= 4 is 17.2 Å². The van der Waals surface area contributed by atoms with E-state index in [2.05, 4.69) is 9.97 Å². The average molecular weight is 470 g/mol. The first-order chi connectivity index (χ1) is 15.9. The number of aromatic nitrogens is 2. The van der Waals surface area contributed by atoms with Gasteiger partial charge in [0.2, 0.25) is 5.91 Å². The van der Waals surface area contributed by atoms with Gasteiger partial charge in [-0.1, -0.05) is 18.2 Å². The Hall–Kier alpha value is -3.69. The third-order valence-corrected chi connectivity index (χ3v) is 5.63. The van der Waals surface area contributed by atoms with E-state index in [-0.39, 0.29) is 29.3 Å². The quantitative estimate of drug-likeness (QED) is 0.383. The van der Waals surface area contributed by atoms with Crippen molar-refractivity contribution in [3.63, 3.8) is 0 Å². The molecule has 0 fully saturated rings. The number of nitrogens with zero attached hydrogens (tertiary/aromatic N) is 2. The summed E-state index contributed by atoms with van der Waals surface area (Å²) in [7, 11) is 0. The average Bonchev–Trinajstić information content (AvgIpc) is 3.29. The number of benzene rings is 2. The summed E-state index contributed by atoms with van der Waals surface area (Å²) in [6, 6.07) is 13.3. The fourth-order valence-corrected chi connectivity index (χ4v) is 3.94. The Balaban J connectivity index is 0.000000235. The molecule has 2 aromatic carbocycles. The van der Waals surface area contributed by atoms with E-state index >= 15 is 0 Å². The summed E-state index contributed by atoms with van der Waals surface area (Å²) in [5.41, 5.74) is 6.88. The molecule has 0 unspecified atom stereocenters. The molecule has 0 aliphatic carbocycles. The number of aromatic hydroxyl groups is 1. The number of aliphatic hydroxyl groups excluding tert-OH is 1. The van der Waals surface area contributed by atoms with Crippen LogP contribution < -0.4 is 5.73 Å². The van der Waals surface area contributed by atoms with E-state index in [4.69, 9.17) is 10.8 Å². The van der Waals surface area contributed by atoms with Crippen molar-refractivity contribution in [2.24, 2.45) is 5.73 Å². The molecule has 0 saturated heterocycles. The van der Waals surface area contributed by atoms with Gasteiger partial charge in [0.15, 0.2) is 0 Å². The minimum Gasteiger partial charge on any atom is -0.506 e. The van der Waals surface area contributed by atoms with Crippen molar-refractivity contribution in [1.29, 1.82) is 0 Å². The van der Waals surface area contributed by atoms with E-state index in [1.165, 1.54) is 41.7 Å². The molecule has 170 valence electrons. The van der Waals surface area contributed by atoms with Crippen molar-refractivity contribution in [3.8, 4) is 26.8 Å². The number of aliphatic hydroxyl groups is 1. The van der Waals surface area contributed by atoms with Crippen LogP contribution in [0.15, 0.2) is 67.0 Å². The highest BCUT2D eigenvalue weighted by molar-refractivity contribution is 7.18. The first-order valence-electron chi connectivity index (χ1n) is 9.95. The maximum atomic E-state index is 14.1. The van der Waals surface area contributed by atoms with Crippen LogP contribution in [-0.4, -0.2) is 32.7 Å². The number of hydrogen-bond acceptors (Lipinski definition) is 6. The van der Waals surface area contributed by atoms with Crippen molar-refractivity contribution in [2.45, 2.75) is 12.8 Å². The van der Waals surface area contributed by atoms with Gasteiger partial charge >= 0.3 is 0 Å². The van der Waals surface area contributed by atoms with Crippen LogP contribution in [0.3, 0.4) is 0 Å². The zero-order chi connectivity index (χ0) is 23.8. The Morgan fingerprint density at radius 2 is 1.79 bits per heavy atom. The Labute approximate surface area is 193 Å². The molecule has 0 saturated carbocycles. The van der Waals surface area contributed by atoms with Gasteiger partial charge < -0.3 is 15.9 Å². The summed E-state index contributed by atoms with van der Waals surface area (Å²) in [5.74, 6) is -1.40. The van der Waals surface area contributed by atoms with E-state index < -0.39 is 11.7 Å². The smallest absolute Gasteiger partial charge is 0.249 e. The molecule has 0 atom stereocenters. The van der Waals surface area contributed by atoms with Crippen LogP contribution in [0.1, 0.15) is 22.5 Å². The second-order valence-electron chi connectivity index (χ2n) is 6.86. The Bertz CT molecular complexity index is 1230. The van der Waals surface area contributed by atoms with E-state index in [0.29, 0.717) is 23.5 Å². The van der Waals surface area contributed by atoms with Crippen molar-refractivity contribution < 1.29 is 23.8 Å². The van der Waals surface area contributed by atoms with Crippen molar-refractivity contribution in [2.75, 3.05) is 6.61 Å². The molecule has 0 spiro atoms. The van der Waals surface area contributed by atoms with Crippen LogP contribution in [0.4, 0.5) is 8.78 Å². The van der Waals surface area contributed by atoms with Gasteiger partial charge in [0.25, 0.3) is 0 Å². The standard InChI is InChI=1S/C16H10F2N2OS.C8H11NO2/c17-10-6-4-9(5-7-10)13-8-20-16(22-13)14-11(15(19)21)2-1-3-12(14)18;10-6-2-3-7-8(11)4-1-5-9-7/h1-8H,(H2,19,21);1,4-5,10-11H,2-3,6H2. The predicted molar refractivity (Wildman–Crippen MR) is 123 cm³/mol. The van der Waals surface area contributed by atoms with Gasteiger partial charge in [0, 0.05) is 19.0 Å². The molecule has 4 aromatic rings. The molecule has 33 heavy (non-hydrogen) atoms. The molecule has 4 rings (SSSR count). The highest BCUT2D eigenvalue weighted by Crippen LogP contribution is 2.35. The predicted octanol–water partition coefficient (Wildman–Crippen LogP) is 4.57. The molecule has 0 radical (unpaired) electrons. The van der Waals surface area contributed by atoms with Gasteiger partial charge in [0.1, 0.15) is 22.4 Å². The topological polar surface area (TPSA) is 109 Å². The second-order valence-corrected chi connectivity index (χ2v) is 7.89. The molecule has 9 heteroatoms. The Kier molecular flexibility index (Phi) is 8.17. The van der Waals surface area contributed by atoms with Crippen molar-refractivity contribution in [1.82, 2.24) is 9.97 Å². The third kappa shape index (κ3) is 6.18. The van der Waals surface area contributed by atoms with E-state index in [9.17, 15) is 18.7 Å². The SMILES string of the molecule is NC(=O)c1cccc(F)c1-c1ncc(-c2ccc(F)cc2)s1.OCCCc1ncccc1O. The molecule has 2 heterocycles. The first-order valence-corrected chi connectivity index (χ1v) is 10.8. The van der Waals surface area contributed by atoms with Gasteiger partial charge in [-0.05, 0) is 54.8 Å². The minimum atomic E-state index is -0.715. The highest BCUT2D eigenvalue weighted by Gasteiger charge is 2.18. The lowest BCUT2D eigenvalue weighted by Crippen LogP contribution is -2.13. The first kappa shape index (κ1) is 24.0. The molecule has 6 nitrogen and oxygen atoms in total. The molecule has 0 aliphatic heterocycles. The van der Waals surface area contributed by atoms with Gasteiger partial charge in [-0.25, -0.2) is 13.8 Å². The largest absolute Gasteiger partial charge is 0.506 e. The molecule has 1 amide bonds. The van der Waals surface area contributed by atoms with E-state index in [1.54, 1.807) is 36.7 Å². The van der Waals surface area contributed by atoms with E-state index in [0.717, 1.165) is 10.4 Å². The molecule has 2 aromatic heterocycles. The fraction of sp³-hybridized carbons (Fsp3) is 0.125. The van der Waals surface area contributed by atoms with Crippen LogP contribution in [0.25, 0.3) is 21.0 Å². The Morgan fingerprint density at radius 3 is 2.45 bits per heavy atom. The van der Waals surface area contributed by atoms with Crippen LogP contribution in [0.2, 0.25) is 0 Å². The Morgan fingerprint density at radius 1 is 1.03 bits per heavy atom. The van der Waals surface area contributed by atoms with Gasteiger partial charge in [-0.15, -0.1) is 11.3 Å². The zero-order valence-corrected chi connectivity index (χ0v) is 18.2. The van der Waals surface area contributed by atoms with Crippen LogP contribution in [0.5, 0.6) is 5.75 Å². The van der Waals surface area contributed by atoms with Crippen LogP contribution >= 0.6 is 11.3 Å². The number of nitrogens with two attached hydrogens (primary N) is 1. The number of carbonyl (C=O) groups is 1. The summed E-state index contributed by atoms with van der Waals surface area (Å²) >= 11 is 1.21. The summed E-state index contributed by atoms with van der Waals surface area (Å²) in [6.07, 6.45) is 4.46. The van der Waals surface area contributed by atoms with E-state index in [1.807, 2.05) is 0 Å². The summed E-state index contributed by atoms with van der Waals surface area (Å²) in [4.78, 5) is 20.3. The van der Waals surface area contributed by atoms with Gasteiger partial charge in [-0.3, -0.25) is 9.78 Å². The molecular weight excluding hydrogens is 448 g/mol. The number of amides is 1. The number of rotatable bonds is 6. The lowest BCUT2D eigenvalue weighted by Gasteiger charge is -2.04. The lowest BCUT2D eigenvalue weighted by molar-refractivity contribution is 0.100. The number of aryl methyl sites for hydroxylation is 1. The normalized spacial score (nSPS) is 10.4.